The maximum absolute atomic E-state index is 9.24. The number of nitrogens with one attached hydrogen (secondary N) is 3. The molecule has 0 bridgehead atoms. The first-order chi connectivity index (χ1) is 27.6. The van der Waals surface area contributed by atoms with Gasteiger partial charge >= 0.3 is 0 Å². The molecule has 7 aromatic rings. The molecule has 1 aliphatic rings. The van der Waals surface area contributed by atoms with Crippen LogP contribution in [0.1, 0.15) is 65.3 Å². The van der Waals surface area contributed by atoms with E-state index < -0.39 is 0 Å². The summed E-state index contributed by atoms with van der Waals surface area (Å²) in [4.78, 5) is 3.80. The van der Waals surface area contributed by atoms with Gasteiger partial charge in [0.2, 0.25) is 0 Å². The lowest BCUT2D eigenvalue weighted by Crippen LogP contribution is -2.09. The van der Waals surface area contributed by atoms with Crippen LogP contribution in [0.25, 0.3) is 44.3 Å². The van der Waals surface area contributed by atoms with Crippen molar-refractivity contribution in [3.05, 3.63) is 222 Å². The Morgan fingerprint density at radius 3 is 2.36 bits per heavy atom. The summed E-state index contributed by atoms with van der Waals surface area (Å²) in [7, 11) is 0. The summed E-state index contributed by atoms with van der Waals surface area (Å²) >= 11 is 0. The first-order valence-corrected chi connectivity index (χ1v) is 19.7. The molecule has 3 nitrogen and oxygen atoms in total. The molecule has 56 heavy (non-hydrogen) atoms. The van der Waals surface area contributed by atoms with Gasteiger partial charge in [0.15, 0.2) is 0 Å². The van der Waals surface area contributed by atoms with Gasteiger partial charge in [0, 0.05) is 40.0 Å². The summed E-state index contributed by atoms with van der Waals surface area (Å²) in [6.45, 7) is 7.10. The molecule has 1 aromatic heterocycles. The van der Waals surface area contributed by atoms with Crippen molar-refractivity contribution in [3.8, 4) is 22.4 Å². The predicted molar refractivity (Wildman–Crippen MR) is 239 cm³/mol. The Morgan fingerprint density at radius 1 is 0.732 bits per heavy atom. The van der Waals surface area contributed by atoms with Gasteiger partial charge in [0.05, 0.1) is 11.4 Å². The van der Waals surface area contributed by atoms with E-state index in [0.717, 1.165) is 98.0 Å². The van der Waals surface area contributed by atoms with E-state index in [-0.39, 0.29) is 0 Å². The highest BCUT2D eigenvalue weighted by atomic mass is 14.9. The molecule has 0 unspecified atom stereocenters. The maximum Gasteiger partial charge on any atom is 0.0705 e. The van der Waals surface area contributed by atoms with Crippen molar-refractivity contribution in [1.82, 2.24) is 4.98 Å². The van der Waals surface area contributed by atoms with E-state index in [1.54, 1.807) is 0 Å². The van der Waals surface area contributed by atoms with Crippen LogP contribution in [0, 0.1) is 5.41 Å². The van der Waals surface area contributed by atoms with Gasteiger partial charge < -0.3 is 10.3 Å². The molecule has 0 saturated carbocycles. The second-order valence-electron chi connectivity index (χ2n) is 14.5. The lowest BCUT2D eigenvalue weighted by molar-refractivity contribution is 0.959. The van der Waals surface area contributed by atoms with Gasteiger partial charge in [0.25, 0.3) is 0 Å². The lowest BCUT2D eigenvalue weighted by atomic mass is 9.89. The molecular formula is C53H47N3. The van der Waals surface area contributed by atoms with Crippen LogP contribution in [-0.4, -0.2) is 10.7 Å². The third kappa shape index (κ3) is 7.90. The second kappa shape index (κ2) is 16.8. The summed E-state index contributed by atoms with van der Waals surface area (Å²) in [6.07, 6.45) is 15.2. The Balaban J connectivity index is 1.15. The Labute approximate surface area is 331 Å². The Hall–Kier alpha value is -6.71. The van der Waals surface area contributed by atoms with Gasteiger partial charge in [-0.3, -0.25) is 5.41 Å². The predicted octanol–water partition coefficient (Wildman–Crippen LogP) is 13.8. The summed E-state index contributed by atoms with van der Waals surface area (Å²) in [6, 6.07) is 51.4. The zero-order valence-corrected chi connectivity index (χ0v) is 32.0. The summed E-state index contributed by atoms with van der Waals surface area (Å²) in [5, 5.41) is 15.3. The van der Waals surface area contributed by atoms with Gasteiger partial charge in [-0.15, -0.1) is 0 Å². The van der Waals surface area contributed by atoms with E-state index in [9.17, 15) is 5.41 Å². The number of anilines is 1. The Bertz CT molecular complexity index is 2610. The highest BCUT2D eigenvalue weighted by Crippen LogP contribution is 2.35. The van der Waals surface area contributed by atoms with Gasteiger partial charge in [-0.05, 0) is 99.5 Å². The number of benzene rings is 6. The third-order valence-electron chi connectivity index (χ3n) is 10.7. The molecule has 8 rings (SSSR count). The zero-order chi connectivity index (χ0) is 38.3. The SMILES string of the molecule is C=C(/C=C\C=C/CCC)c1ccc(-c2cc(CNc3c(C(=N)c4ccccc4)ccc4ccccc34)cc(-c3ccc(C4=CCCc5ccccc54)[nH]3)c2)cc1. The maximum atomic E-state index is 9.24. The Kier molecular flexibility index (Phi) is 10.9. The monoisotopic (exact) mass is 725 g/mol. The second-order valence-corrected chi connectivity index (χ2v) is 14.5. The van der Waals surface area contributed by atoms with Crippen LogP contribution < -0.4 is 5.32 Å². The van der Waals surface area contributed by atoms with Crippen molar-refractivity contribution < 1.29 is 0 Å². The number of fused-ring (bicyclic) bond motifs is 2. The minimum absolute atomic E-state index is 0.499. The van der Waals surface area contributed by atoms with E-state index in [2.05, 4.69) is 169 Å². The van der Waals surface area contributed by atoms with Crippen LogP contribution in [-0.2, 0) is 13.0 Å². The number of aromatic amines is 1. The van der Waals surface area contributed by atoms with Crippen LogP contribution in [0.3, 0.4) is 0 Å². The molecule has 0 atom stereocenters. The molecule has 274 valence electrons. The van der Waals surface area contributed by atoms with Crippen LogP contribution >= 0.6 is 0 Å². The van der Waals surface area contributed by atoms with Crippen molar-refractivity contribution in [3.63, 3.8) is 0 Å². The normalized spacial score (nSPS) is 12.6. The summed E-state index contributed by atoms with van der Waals surface area (Å²) in [5.74, 6) is 0. The minimum atomic E-state index is 0.499. The van der Waals surface area contributed by atoms with Crippen molar-refractivity contribution in [2.75, 3.05) is 5.32 Å². The smallest absolute Gasteiger partial charge is 0.0705 e. The first-order valence-electron chi connectivity index (χ1n) is 19.7. The molecule has 1 heterocycles. The van der Waals surface area contributed by atoms with Crippen LogP contribution in [0.5, 0.6) is 0 Å². The van der Waals surface area contributed by atoms with Crippen LogP contribution in [0.4, 0.5) is 5.69 Å². The molecule has 1 aliphatic carbocycles. The fourth-order valence-electron chi connectivity index (χ4n) is 7.68. The topological polar surface area (TPSA) is 51.7 Å². The van der Waals surface area contributed by atoms with E-state index in [4.69, 9.17) is 0 Å². The fraction of sp³-hybridized carbons (Fsp3) is 0.113. The average molecular weight is 726 g/mol. The number of aryl methyl sites for hydroxylation is 1. The molecule has 0 radical (unpaired) electrons. The molecule has 0 saturated heterocycles. The van der Waals surface area contributed by atoms with Crippen LogP contribution in [0.2, 0.25) is 0 Å². The number of unbranched alkanes of at least 4 members (excludes halogenated alkanes) is 1. The molecular weight excluding hydrogens is 679 g/mol. The standard InChI is InChI=1S/C53H47N3/c1-3-4-5-6-8-16-37(2)39-25-27-40(28-26-39)44-33-38(34-45(35-44)50-31-32-51(56-50)48-24-15-21-41-17-11-13-22-46(41)48)36-55-53-47-23-14-12-18-42(47)29-30-49(53)52(54)43-19-9-7-10-20-43/h5-14,16-20,22-35,54-56H,2-4,15,21,36H2,1H3/b6-5-,16-8-,54-52?. The fourth-order valence-corrected chi connectivity index (χ4v) is 7.68. The highest BCUT2D eigenvalue weighted by molar-refractivity contribution is 6.17. The van der Waals surface area contributed by atoms with Crippen molar-refractivity contribution in [2.45, 2.75) is 39.2 Å². The zero-order valence-electron chi connectivity index (χ0n) is 32.0. The largest absolute Gasteiger partial charge is 0.380 e. The molecule has 0 aliphatic heterocycles. The van der Waals surface area contributed by atoms with Gasteiger partial charge in [-0.1, -0.05) is 166 Å². The molecule has 0 amide bonds. The summed E-state index contributed by atoms with van der Waals surface area (Å²) < 4.78 is 0. The molecule has 3 N–H and O–H groups in total. The van der Waals surface area contributed by atoms with E-state index in [1.165, 1.54) is 16.7 Å². The van der Waals surface area contributed by atoms with E-state index in [1.807, 2.05) is 30.3 Å². The van der Waals surface area contributed by atoms with Crippen LogP contribution in [0.15, 0.2) is 183 Å². The number of rotatable bonds is 13. The summed E-state index contributed by atoms with van der Waals surface area (Å²) in [5.41, 5.74) is 16.1. The van der Waals surface area contributed by atoms with Crippen molar-refractivity contribution in [1.29, 1.82) is 5.41 Å². The first kappa shape index (κ1) is 36.3. The molecule has 0 spiro atoms. The number of aromatic nitrogens is 1. The van der Waals surface area contributed by atoms with Gasteiger partial charge in [-0.25, -0.2) is 0 Å². The van der Waals surface area contributed by atoms with Crippen molar-refractivity contribution in [2.24, 2.45) is 0 Å². The molecule has 6 aromatic carbocycles. The third-order valence-corrected chi connectivity index (χ3v) is 10.7. The number of allylic oxidation sites excluding steroid dienone is 6. The Morgan fingerprint density at radius 2 is 1.50 bits per heavy atom. The number of hydrogen-bond acceptors (Lipinski definition) is 2. The molecule has 3 heteroatoms. The van der Waals surface area contributed by atoms with Crippen molar-refractivity contribution >= 4 is 33.3 Å². The average Bonchev–Trinajstić information content (AvgIpc) is 3.76. The minimum Gasteiger partial charge on any atom is -0.380 e. The quantitative estimate of drug-likeness (QED) is 0.0804. The van der Waals surface area contributed by atoms with E-state index in [0.29, 0.717) is 12.3 Å². The number of H-pyrrole nitrogens is 1. The molecule has 0 fully saturated rings. The lowest BCUT2D eigenvalue weighted by Gasteiger charge is -2.18. The number of hydrogen-bond donors (Lipinski definition) is 3. The highest BCUT2D eigenvalue weighted by Gasteiger charge is 2.17. The van der Waals surface area contributed by atoms with E-state index >= 15 is 0 Å². The van der Waals surface area contributed by atoms with Gasteiger partial charge in [-0.2, -0.15) is 0 Å². The van der Waals surface area contributed by atoms with Gasteiger partial charge in [0.1, 0.15) is 0 Å².